The number of hydrogen-bond acceptors (Lipinski definition) is 6. The Morgan fingerprint density at radius 2 is 1.72 bits per heavy atom. The minimum atomic E-state index is -3.62. The number of sulfone groups is 1. The largest absolute Gasteiger partial charge is 0.324 e. The van der Waals surface area contributed by atoms with Crippen LogP contribution in [0.5, 0.6) is 0 Å². The Kier molecular flexibility index (Phi) is 7.95. The summed E-state index contributed by atoms with van der Waals surface area (Å²) in [7, 11) is -3.62. The molecule has 2 aromatic heterocycles. The number of amides is 2. The molecular formula is C33H39N5O3S2. The number of anilines is 2. The maximum atomic E-state index is 14.1. The average Bonchev–Trinajstić information content (AvgIpc) is 3.70. The van der Waals surface area contributed by atoms with Crippen LogP contribution in [-0.4, -0.2) is 36.3 Å². The SMILES string of the molecule is Cc1ccc(-n2nc(C(C)(C)C)cc2NC(=O)Nc2cccc(C(C3CC4CCC(C3)N4)S(=O)(=O)c3cccs3)c2)cc1. The van der Waals surface area contributed by atoms with E-state index in [-0.39, 0.29) is 11.3 Å². The van der Waals surface area contributed by atoms with Gasteiger partial charge in [0.05, 0.1) is 16.6 Å². The maximum Gasteiger partial charge on any atom is 0.324 e. The standard InChI is InChI=1S/C33H39N5O3S2/c1-21-10-14-27(15-11-21)38-29(20-28(37-38)33(2,3)4)36-32(39)35-24-8-5-7-22(17-24)31(43(40,41)30-9-6-16-42-30)23-18-25-12-13-26(19-23)34-25/h5-11,14-17,20,23,25-26,31,34H,12-13,18-19H2,1-4H3,(H2,35,36,39). The summed E-state index contributed by atoms with van der Waals surface area (Å²) in [6, 6.07) is 20.9. The second kappa shape index (κ2) is 11.6. The highest BCUT2D eigenvalue weighted by atomic mass is 32.2. The van der Waals surface area contributed by atoms with Crippen molar-refractivity contribution >= 4 is 38.7 Å². The first-order valence-electron chi connectivity index (χ1n) is 14.9. The minimum Gasteiger partial charge on any atom is -0.311 e. The molecule has 2 fully saturated rings. The van der Waals surface area contributed by atoms with Gasteiger partial charge in [-0.1, -0.05) is 56.7 Å². The zero-order valence-electron chi connectivity index (χ0n) is 25.0. The third-order valence-corrected chi connectivity index (χ3v) is 12.2. The highest BCUT2D eigenvalue weighted by Gasteiger charge is 2.43. The lowest BCUT2D eigenvalue weighted by Crippen LogP contribution is -2.41. The second-order valence-electron chi connectivity index (χ2n) is 12.9. The van der Waals surface area contributed by atoms with E-state index < -0.39 is 21.1 Å². The van der Waals surface area contributed by atoms with Gasteiger partial charge in [-0.2, -0.15) is 5.10 Å². The van der Waals surface area contributed by atoms with E-state index in [4.69, 9.17) is 5.10 Å². The molecule has 0 aliphatic carbocycles. The number of rotatable bonds is 7. The van der Waals surface area contributed by atoms with E-state index in [0.29, 0.717) is 33.4 Å². The topological polar surface area (TPSA) is 105 Å². The average molecular weight is 618 g/mol. The van der Waals surface area contributed by atoms with Crippen LogP contribution in [0.25, 0.3) is 5.69 Å². The van der Waals surface area contributed by atoms with Gasteiger partial charge >= 0.3 is 6.03 Å². The third kappa shape index (κ3) is 6.27. The highest BCUT2D eigenvalue weighted by Crippen LogP contribution is 2.45. The first-order chi connectivity index (χ1) is 20.5. The molecule has 4 aromatic rings. The fourth-order valence-electron chi connectivity index (χ4n) is 6.40. The Hall–Kier alpha value is -3.47. The van der Waals surface area contributed by atoms with E-state index in [0.717, 1.165) is 42.6 Å². The van der Waals surface area contributed by atoms with Crippen LogP contribution in [-0.2, 0) is 15.3 Å². The number of fused-ring (bicyclic) bond motifs is 2. The molecule has 2 aliphatic heterocycles. The zero-order valence-corrected chi connectivity index (χ0v) is 26.6. The van der Waals surface area contributed by atoms with E-state index in [2.05, 4.69) is 36.7 Å². The molecule has 0 saturated carbocycles. The van der Waals surface area contributed by atoms with Gasteiger partial charge < -0.3 is 10.6 Å². The number of nitrogens with zero attached hydrogens (tertiary/aromatic N) is 2. The third-order valence-electron chi connectivity index (χ3n) is 8.52. The summed E-state index contributed by atoms with van der Waals surface area (Å²) < 4.78 is 30.2. The van der Waals surface area contributed by atoms with Gasteiger partial charge in [-0.15, -0.1) is 11.3 Å². The van der Waals surface area contributed by atoms with Crippen LogP contribution in [0.3, 0.4) is 0 Å². The molecule has 2 aliphatic rings. The van der Waals surface area contributed by atoms with Gasteiger partial charge in [0.1, 0.15) is 10.0 Å². The van der Waals surface area contributed by atoms with Gasteiger partial charge in [0.2, 0.25) is 0 Å². The smallest absolute Gasteiger partial charge is 0.311 e. The van der Waals surface area contributed by atoms with E-state index in [9.17, 15) is 13.2 Å². The molecule has 8 nitrogen and oxygen atoms in total. The number of thiophene rings is 1. The lowest BCUT2D eigenvalue weighted by atomic mass is 9.86. The number of hydrogen-bond donors (Lipinski definition) is 3. The molecule has 226 valence electrons. The van der Waals surface area contributed by atoms with Crippen LogP contribution >= 0.6 is 11.3 Å². The van der Waals surface area contributed by atoms with Gasteiger partial charge in [0, 0.05) is 29.3 Å². The molecular weight excluding hydrogens is 579 g/mol. The van der Waals surface area contributed by atoms with Crippen LogP contribution in [0.1, 0.15) is 68.5 Å². The molecule has 6 rings (SSSR count). The van der Waals surface area contributed by atoms with E-state index in [1.54, 1.807) is 22.9 Å². The fraction of sp³-hybridized carbons (Fsp3) is 0.394. The van der Waals surface area contributed by atoms with E-state index in [1.165, 1.54) is 11.3 Å². The summed E-state index contributed by atoms with van der Waals surface area (Å²) >= 11 is 1.26. The van der Waals surface area contributed by atoms with Crippen LogP contribution in [0.2, 0.25) is 0 Å². The monoisotopic (exact) mass is 617 g/mol. The molecule has 2 amide bonds. The van der Waals surface area contributed by atoms with Gasteiger partial charge in [0.15, 0.2) is 9.84 Å². The fourth-order valence-corrected chi connectivity index (χ4v) is 9.61. The summed E-state index contributed by atoms with van der Waals surface area (Å²) in [6.07, 6.45) is 3.82. The summed E-state index contributed by atoms with van der Waals surface area (Å²) in [6.45, 7) is 8.27. The quantitative estimate of drug-likeness (QED) is 0.203. The molecule has 2 aromatic carbocycles. The Morgan fingerprint density at radius 3 is 2.37 bits per heavy atom. The number of carbonyl (C=O) groups excluding carboxylic acids is 1. The van der Waals surface area contributed by atoms with Gasteiger partial charge in [0.25, 0.3) is 0 Å². The summed E-state index contributed by atoms with van der Waals surface area (Å²) in [5, 5.41) is 15.5. The molecule has 3 atom stereocenters. The lowest BCUT2D eigenvalue weighted by molar-refractivity contribution is 0.262. The van der Waals surface area contributed by atoms with Crippen molar-refractivity contribution < 1.29 is 13.2 Å². The van der Waals surface area contributed by atoms with Crippen molar-refractivity contribution in [1.29, 1.82) is 0 Å². The van der Waals surface area contributed by atoms with Crippen LogP contribution in [0.4, 0.5) is 16.3 Å². The zero-order chi connectivity index (χ0) is 30.4. The van der Waals surface area contributed by atoms with Crippen molar-refractivity contribution in [3.05, 3.63) is 88.9 Å². The number of aromatic nitrogens is 2. The Bertz CT molecular complexity index is 1690. The van der Waals surface area contributed by atoms with Crippen LogP contribution in [0.15, 0.2) is 76.3 Å². The molecule has 3 N–H and O–H groups in total. The van der Waals surface area contributed by atoms with Crippen molar-refractivity contribution in [3.8, 4) is 5.69 Å². The number of benzene rings is 2. The number of aryl methyl sites for hydroxylation is 1. The molecule has 0 spiro atoms. The van der Waals surface area contributed by atoms with Gasteiger partial charge in [-0.05, 0) is 79.8 Å². The molecule has 2 saturated heterocycles. The first-order valence-corrected chi connectivity index (χ1v) is 17.3. The normalized spacial score (nSPS) is 21.0. The van der Waals surface area contributed by atoms with Crippen molar-refractivity contribution in [2.24, 2.45) is 5.92 Å². The predicted octanol–water partition coefficient (Wildman–Crippen LogP) is 7.23. The Morgan fingerprint density at radius 1 is 1.00 bits per heavy atom. The molecule has 0 radical (unpaired) electrons. The summed E-state index contributed by atoms with van der Waals surface area (Å²) in [4.78, 5) is 13.4. The Balaban J connectivity index is 1.28. The lowest BCUT2D eigenvalue weighted by Gasteiger charge is -2.34. The molecule has 3 unspecified atom stereocenters. The number of nitrogens with one attached hydrogen (secondary N) is 3. The summed E-state index contributed by atoms with van der Waals surface area (Å²) in [5.74, 6) is 0.542. The molecule has 10 heteroatoms. The van der Waals surface area contributed by atoms with Crippen molar-refractivity contribution in [2.45, 2.75) is 80.3 Å². The summed E-state index contributed by atoms with van der Waals surface area (Å²) in [5.41, 5.74) is 3.86. The first kappa shape index (κ1) is 29.6. The molecule has 43 heavy (non-hydrogen) atoms. The Labute approximate surface area is 257 Å². The van der Waals surface area contributed by atoms with Crippen LogP contribution < -0.4 is 16.0 Å². The number of urea groups is 1. The van der Waals surface area contributed by atoms with E-state index >= 15 is 0 Å². The van der Waals surface area contributed by atoms with Crippen molar-refractivity contribution in [2.75, 3.05) is 10.6 Å². The minimum absolute atomic E-state index is 0.00499. The predicted molar refractivity (Wildman–Crippen MR) is 173 cm³/mol. The van der Waals surface area contributed by atoms with Crippen molar-refractivity contribution in [3.63, 3.8) is 0 Å². The van der Waals surface area contributed by atoms with Crippen LogP contribution in [0, 0.1) is 12.8 Å². The van der Waals surface area contributed by atoms with E-state index in [1.807, 2.05) is 60.8 Å². The van der Waals surface area contributed by atoms with Gasteiger partial charge in [-0.25, -0.2) is 17.9 Å². The highest BCUT2D eigenvalue weighted by molar-refractivity contribution is 7.93. The number of carbonyl (C=O) groups is 1. The number of piperidine rings is 1. The molecule has 2 bridgehead atoms. The second-order valence-corrected chi connectivity index (χ2v) is 16.1. The molecule has 4 heterocycles. The maximum absolute atomic E-state index is 14.1. The van der Waals surface area contributed by atoms with Crippen molar-refractivity contribution in [1.82, 2.24) is 15.1 Å². The van der Waals surface area contributed by atoms with Gasteiger partial charge in [-0.3, -0.25) is 5.32 Å².